The summed E-state index contributed by atoms with van der Waals surface area (Å²) in [4.78, 5) is 30.3. The van der Waals surface area contributed by atoms with Crippen LogP contribution in [0.2, 0.25) is 0 Å². The summed E-state index contributed by atoms with van der Waals surface area (Å²) in [6, 6.07) is 13.2. The highest BCUT2D eigenvalue weighted by Crippen LogP contribution is 2.43. The number of nitrogens with one attached hydrogen (secondary N) is 1. The molecule has 2 aromatic heterocycles. The van der Waals surface area contributed by atoms with Gasteiger partial charge in [-0.2, -0.15) is 0 Å². The lowest BCUT2D eigenvalue weighted by Crippen LogP contribution is -2.11. The van der Waals surface area contributed by atoms with E-state index >= 15 is 0 Å². The van der Waals surface area contributed by atoms with Gasteiger partial charge in [0.15, 0.2) is 0 Å². The highest BCUT2D eigenvalue weighted by Gasteiger charge is 2.25. The fourth-order valence-corrected chi connectivity index (χ4v) is 5.27. The number of esters is 1. The van der Waals surface area contributed by atoms with Gasteiger partial charge >= 0.3 is 5.97 Å². The maximum absolute atomic E-state index is 13.5. The van der Waals surface area contributed by atoms with Crippen LogP contribution in [0.4, 0.5) is 9.39 Å². The van der Waals surface area contributed by atoms with Gasteiger partial charge in [-0.15, -0.1) is 22.7 Å². The van der Waals surface area contributed by atoms with Crippen LogP contribution in [0.5, 0.6) is 0 Å². The van der Waals surface area contributed by atoms with Crippen molar-refractivity contribution in [3.63, 3.8) is 0 Å². The molecular formula is C22H17FN2O3S2. The first kappa shape index (κ1) is 20.2. The molecule has 8 heteroatoms. The molecule has 0 atom stereocenters. The first-order chi connectivity index (χ1) is 14.5. The quantitative estimate of drug-likeness (QED) is 0.392. The number of aromatic nitrogens is 1. The molecule has 0 saturated heterocycles. The fourth-order valence-electron chi connectivity index (χ4n) is 3.03. The number of rotatable bonds is 5. The first-order valence-corrected chi connectivity index (χ1v) is 10.8. The SMILES string of the molecule is CCOC(=O)c1sc(NC(=O)c2cccc(F)c2)c(-c2nc3ccccc3s2)c1C. The lowest BCUT2D eigenvalue weighted by Gasteiger charge is -2.06. The second kappa shape index (κ2) is 8.33. The summed E-state index contributed by atoms with van der Waals surface area (Å²) in [5, 5.41) is 3.99. The van der Waals surface area contributed by atoms with Crippen LogP contribution in [0, 0.1) is 12.7 Å². The zero-order chi connectivity index (χ0) is 21.3. The van der Waals surface area contributed by atoms with E-state index in [-0.39, 0.29) is 12.2 Å². The number of nitrogens with zero attached hydrogens (tertiary/aromatic N) is 1. The van der Waals surface area contributed by atoms with Gasteiger partial charge in [0.2, 0.25) is 0 Å². The lowest BCUT2D eigenvalue weighted by molar-refractivity contribution is 0.0531. The third-order valence-corrected chi connectivity index (χ3v) is 6.67. The Labute approximate surface area is 180 Å². The molecule has 152 valence electrons. The Morgan fingerprint density at radius 1 is 1.13 bits per heavy atom. The van der Waals surface area contributed by atoms with E-state index in [9.17, 15) is 14.0 Å². The number of ether oxygens (including phenoxy) is 1. The molecule has 2 aromatic carbocycles. The summed E-state index contributed by atoms with van der Waals surface area (Å²) >= 11 is 2.61. The Hall–Kier alpha value is -3.10. The van der Waals surface area contributed by atoms with Gasteiger partial charge in [-0.1, -0.05) is 18.2 Å². The summed E-state index contributed by atoms with van der Waals surface area (Å²) in [6.07, 6.45) is 0. The molecule has 0 bridgehead atoms. The van der Waals surface area contributed by atoms with E-state index in [4.69, 9.17) is 4.74 Å². The van der Waals surface area contributed by atoms with Crippen LogP contribution in [-0.4, -0.2) is 23.5 Å². The number of thiophene rings is 1. The zero-order valence-electron chi connectivity index (χ0n) is 16.2. The highest BCUT2D eigenvalue weighted by molar-refractivity contribution is 7.23. The number of carbonyl (C=O) groups is 2. The third-order valence-electron chi connectivity index (χ3n) is 4.43. The fraction of sp³-hybridized carbons (Fsp3) is 0.136. The second-order valence-corrected chi connectivity index (χ2v) is 8.48. The lowest BCUT2D eigenvalue weighted by atomic mass is 10.1. The summed E-state index contributed by atoms with van der Waals surface area (Å²) in [5.41, 5.74) is 2.39. The van der Waals surface area contributed by atoms with E-state index in [0.717, 1.165) is 21.6 Å². The van der Waals surface area contributed by atoms with Gasteiger partial charge in [0.25, 0.3) is 5.91 Å². The summed E-state index contributed by atoms with van der Waals surface area (Å²) in [6.45, 7) is 3.79. The number of amides is 1. The van der Waals surface area contributed by atoms with Crippen molar-refractivity contribution in [2.45, 2.75) is 13.8 Å². The molecule has 5 nitrogen and oxygen atoms in total. The van der Waals surface area contributed by atoms with Gasteiger partial charge < -0.3 is 10.1 Å². The Bertz CT molecular complexity index is 1230. The number of benzene rings is 2. The summed E-state index contributed by atoms with van der Waals surface area (Å²) < 4.78 is 19.7. The molecule has 0 fully saturated rings. The topological polar surface area (TPSA) is 68.3 Å². The number of fused-ring (bicyclic) bond motifs is 1. The largest absolute Gasteiger partial charge is 0.462 e. The van der Waals surface area contributed by atoms with Crippen molar-refractivity contribution in [3.05, 3.63) is 70.4 Å². The van der Waals surface area contributed by atoms with Crippen molar-refractivity contribution in [2.75, 3.05) is 11.9 Å². The molecule has 0 saturated carbocycles. The molecule has 4 rings (SSSR count). The highest BCUT2D eigenvalue weighted by atomic mass is 32.1. The van der Waals surface area contributed by atoms with Crippen LogP contribution in [-0.2, 0) is 4.74 Å². The van der Waals surface area contributed by atoms with Crippen LogP contribution in [0.25, 0.3) is 20.8 Å². The minimum absolute atomic E-state index is 0.189. The third kappa shape index (κ3) is 3.83. The Morgan fingerprint density at radius 2 is 1.93 bits per heavy atom. The monoisotopic (exact) mass is 440 g/mol. The van der Waals surface area contributed by atoms with Crippen LogP contribution >= 0.6 is 22.7 Å². The zero-order valence-corrected chi connectivity index (χ0v) is 17.8. The van der Waals surface area contributed by atoms with E-state index < -0.39 is 17.7 Å². The number of hydrogen-bond acceptors (Lipinski definition) is 6. The Morgan fingerprint density at radius 3 is 2.67 bits per heavy atom. The number of hydrogen-bond donors (Lipinski definition) is 1. The van der Waals surface area contributed by atoms with Crippen LogP contribution in [0.3, 0.4) is 0 Å². The molecule has 1 N–H and O–H groups in total. The van der Waals surface area contributed by atoms with E-state index in [0.29, 0.717) is 26.0 Å². The van der Waals surface area contributed by atoms with Crippen molar-refractivity contribution in [2.24, 2.45) is 0 Å². The molecule has 1 amide bonds. The molecular weight excluding hydrogens is 423 g/mol. The number of thiazole rings is 1. The second-order valence-electron chi connectivity index (χ2n) is 6.43. The summed E-state index contributed by atoms with van der Waals surface area (Å²) in [7, 11) is 0. The number of halogens is 1. The minimum atomic E-state index is -0.497. The van der Waals surface area contributed by atoms with Crippen LogP contribution < -0.4 is 5.32 Å². The molecule has 0 spiro atoms. The van der Waals surface area contributed by atoms with Crippen molar-refractivity contribution in [3.8, 4) is 10.6 Å². The standard InChI is InChI=1S/C22H17FN2O3S2/c1-3-28-22(27)18-12(2)17(20-24-15-9-4-5-10-16(15)29-20)21(30-18)25-19(26)13-7-6-8-14(23)11-13/h4-11H,3H2,1-2H3,(H,25,26). The molecule has 0 aliphatic heterocycles. The molecule has 0 unspecified atom stereocenters. The van der Waals surface area contributed by atoms with E-state index in [2.05, 4.69) is 10.3 Å². The maximum Gasteiger partial charge on any atom is 0.348 e. The van der Waals surface area contributed by atoms with E-state index in [1.54, 1.807) is 6.92 Å². The predicted molar refractivity (Wildman–Crippen MR) is 118 cm³/mol. The predicted octanol–water partition coefficient (Wildman–Crippen LogP) is 5.90. The Balaban J connectivity index is 1.80. The van der Waals surface area contributed by atoms with E-state index in [1.165, 1.54) is 35.6 Å². The smallest absolute Gasteiger partial charge is 0.348 e. The average Bonchev–Trinajstić information content (AvgIpc) is 3.28. The van der Waals surface area contributed by atoms with E-state index in [1.807, 2.05) is 31.2 Å². The average molecular weight is 441 g/mol. The number of anilines is 1. The Kier molecular flexibility index (Phi) is 5.61. The van der Waals surface area contributed by atoms with Crippen molar-refractivity contribution < 1.29 is 18.7 Å². The van der Waals surface area contributed by atoms with Crippen molar-refractivity contribution in [1.82, 2.24) is 4.98 Å². The van der Waals surface area contributed by atoms with Crippen LogP contribution in [0.1, 0.15) is 32.5 Å². The van der Waals surface area contributed by atoms with Gasteiger partial charge in [0, 0.05) is 11.1 Å². The molecule has 0 aliphatic rings. The molecule has 0 aliphatic carbocycles. The van der Waals surface area contributed by atoms with Crippen molar-refractivity contribution in [1.29, 1.82) is 0 Å². The van der Waals surface area contributed by atoms with Gasteiger partial charge in [-0.05, 0) is 49.7 Å². The molecule has 0 radical (unpaired) electrons. The van der Waals surface area contributed by atoms with Gasteiger partial charge in [-0.25, -0.2) is 14.2 Å². The molecule has 2 heterocycles. The maximum atomic E-state index is 13.5. The van der Waals surface area contributed by atoms with Crippen molar-refractivity contribution >= 4 is 49.8 Å². The van der Waals surface area contributed by atoms with Gasteiger partial charge in [-0.3, -0.25) is 4.79 Å². The normalized spacial score (nSPS) is 10.9. The molecule has 30 heavy (non-hydrogen) atoms. The molecule has 4 aromatic rings. The first-order valence-electron chi connectivity index (χ1n) is 9.21. The summed E-state index contributed by atoms with van der Waals surface area (Å²) in [5.74, 6) is -1.41. The van der Waals surface area contributed by atoms with Gasteiger partial charge in [0.05, 0.1) is 16.8 Å². The number of para-hydroxylation sites is 1. The minimum Gasteiger partial charge on any atom is -0.462 e. The van der Waals surface area contributed by atoms with Crippen LogP contribution in [0.15, 0.2) is 48.5 Å². The number of carbonyl (C=O) groups excluding carboxylic acids is 2. The van der Waals surface area contributed by atoms with Gasteiger partial charge in [0.1, 0.15) is 20.7 Å².